The average molecular weight is 270 g/mol. The summed E-state index contributed by atoms with van der Waals surface area (Å²) in [5, 5.41) is 0. The van der Waals surface area contributed by atoms with Crippen molar-refractivity contribution in [3.05, 3.63) is 59.7 Å². The molecule has 0 N–H and O–H groups in total. The minimum Gasteiger partial charge on any atom is -0.426 e. The first-order valence-corrected chi connectivity index (χ1v) is 6.13. The molecule has 20 heavy (non-hydrogen) atoms. The van der Waals surface area contributed by atoms with E-state index >= 15 is 0 Å². The average Bonchev–Trinajstić information content (AvgIpc) is 2.41. The largest absolute Gasteiger partial charge is 0.426 e. The van der Waals surface area contributed by atoms with Crippen LogP contribution in [0.4, 0.5) is 0 Å². The summed E-state index contributed by atoms with van der Waals surface area (Å²) in [5.41, 5.74) is 0.923. The van der Waals surface area contributed by atoms with Gasteiger partial charge in [0.25, 0.3) is 0 Å². The first-order chi connectivity index (χ1) is 9.58. The van der Waals surface area contributed by atoms with Crippen molar-refractivity contribution < 1.29 is 19.1 Å². The van der Waals surface area contributed by atoms with Gasteiger partial charge in [0, 0.05) is 6.92 Å². The molecule has 0 aliphatic rings. The second kappa shape index (κ2) is 6.02. The van der Waals surface area contributed by atoms with E-state index in [0.717, 1.165) is 0 Å². The van der Waals surface area contributed by atoms with Crippen LogP contribution in [0.3, 0.4) is 0 Å². The zero-order valence-corrected chi connectivity index (χ0v) is 11.3. The van der Waals surface area contributed by atoms with Gasteiger partial charge in [-0.3, -0.25) is 4.79 Å². The van der Waals surface area contributed by atoms with Crippen LogP contribution in [-0.2, 0) is 4.79 Å². The highest BCUT2D eigenvalue weighted by molar-refractivity contribution is 5.95. The molecular weight excluding hydrogens is 256 g/mol. The fourth-order valence-electron chi connectivity index (χ4n) is 1.74. The summed E-state index contributed by atoms with van der Waals surface area (Å²) in [6.45, 7) is 3.05. The minimum absolute atomic E-state index is 0.226. The Hall–Kier alpha value is -2.62. The van der Waals surface area contributed by atoms with Gasteiger partial charge in [-0.05, 0) is 30.7 Å². The second-order valence-electron chi connectivity index (χ2n) is 4.25. The Morgan fingerprint density at radius 1 is 0.900 bits per heavy atom. The van der Waals surface area contributed by atoms with Crippen molar-refractivity contribution >= 4 is 11.9 Å². The molecule has 0 unspecified atom stereocenters. The third-order valence-electron chi connectivity index (χ3n) is 2.63. The Kier molecular flexibility index (Phi) is 4.15. The molecular formula is C16H14O4. The highest BCUT2D eigenvalue weighted by atomic mass is 16.5. The summed E-state index contributed by atoms with van der Waals surface area (Å²) in [6, 6.07) is 13.8. The van der Waals surface area contributed by atoms with Gasteiger partial charge in [-0.1, -0.05) is 30.3 Å². The lowest BCUT2D eigenvalue weighted by molar-refractivity contribution is -0.131. The van der Waals surface area contributed by atoms with Crippen LogP contribution in [0.5, 0.6) is 11.5 Å². The molecule has 4 heteroatoms. The van der Waals surface area contributed by atoms with E-state index in [4.69, 9.17) is 9.47 Å². The van der Waals surface area contributed by atoms with Gasteiger partial charge in [-0.25, -0.2) is 4.79 Å². The molecule has 0 aromatic heterocycles. The molecule has 4 nitrogen and oxygen atoms in total. The van der Waals surface area contributed by atoms with Crippen LogP contribution >= 0.6 is 0 Å². The highest BCUT2D eigenvalue weighted by Crippen LogP contribution is 2.25. The van der Waals surface area contributed by atoms with Crippen LogP contribution in [0, 0.1) is 6.92 Å². The second-order valence-corrected chi connectivity index (χ2v) is 4.25. The van der Waals surface area contributed by atoms with E-state index in [2.05, 4.69) is 0 Å². The number of para-hydroxylation sites is 2. The molecule has 2 aromatic carbocycles. The van der Waals surface area contributed by atoms with Crippen molar-refractivity contribution in [3.63, 3.8) is 0 Å². The Labute approximate surface area is 116 Å². The predicted octanol–water partition coefficient (Wildman–Crippen LogP) is 3.14. The highest BCUT2D eigenvalue weighted by Gasteiger charge is 2.18. The number of hydrogen-bond acceptors (Lipinski definition) is 4. The van der Waals surface area contributed by atoms with Gasteiger partial charge in [0.2, 0.25) is 0 Å². The molecule has 0 atom stereocenters. The number of hydrogen-bond donors (Lipinski definition) is 0. The van der Waals surface area contributed by atoms with Gasteiger partial charge >= 0.3 is 11.9 Å². The molecule has 0 aliphatic carbocycles. The number of ether oxygens (including phenoxy) is 2. The SMILES string of the molecule is CC(=O)Oc1c(C)cccc1C(=O)Oc1ccccc1. The summed E-state index contributed by atoms with van der Waals surface area (Å²) >= 11 is 0. The van der Waals surface area contributed by atoms with Crippen molar-refractivity contribution in [1.29, 1.82) is 0 Å². The van der Waals surface area contributed by atoms with E-state index in [-0.39, 0.29) is 11.3 Å². The van der Waals surface area contributed by atoms with Gasteiger partial charge in [-0.2, -0.15) is 0 Å². The molecule has 2 aromatic rings. The lowest BCUT2D eigenvalue weighted by atomic mass is 10.1. The van der Waals surface area contributed by atoms with E-state index in [9.17, 15) is 9.59 Å². The van der Waals surface area contributed by atoms with E-state index in [0.29, 0.717) is 11.3 Å². The maximum absolute atomic E-state index is 12.2. The Balaban J connectivity index is 2.30. The number of carbonyl (C=O) groups excluding carboxylic acids is 2. The zero-order chi connectivity index (χ0) is 14.5. The first kappa shape index (κ1) is 13.8. The van der Waals surface area contributed by atoms with Crippen LogP contribution in [-0.4, -0.2) is 11.9 Å². The number of esters is 2. The molecule has 0 fully saturated rings. The molecule has 0 heterocycles. The summed E-state index contributed by atoms with van der Waals surface area (Å²) in [5.74, 6) is -0.363. The summed E-state index contributed by atoms with van der Waals surface area (Å²) in [4.78, 5) is 23.3. The smallest absolute Gasteiger partial charge is 0.347 e. The quantitative estimate of drug-likeness (QED) is 0.635. The summed E-state index contributed by atoms with van der Waals surface area (Å²) in [7, 11) is 0. The van der Waals surface area contributed by atoms with Gasteiger partial charge in [0.15, 0.2) is 0 Å². The van der Waals surface area contributed by atoms with Crippen molar-refractivity contribution in [1.82, 2.24) is 0 Å². The maximum atomic E-state index is 12.2. The molecule has 0 saturated carbocycles. The topological polar surface area (TPSA) is 52.6 Å². The summed E-state index contributed by atoms with van der Waals surface area (Å²) in [6.07, 6.45) is 0. The fraction of sp³-hybridized carbons (Fsp3) is 0.125. The summed E-state index contributed by atoms with van der Waals surface area (Å²) < 4.78 is 10.3. The van der Waals surface area contributed by atoms with E-state index < -0.39 is 11.9 Å². The van der Waals surface area contributed by atoms with Crippen LogP contribution in [0.25, 0.3) is 0 Å². The monoisotopic (exact) mass is 270 g/mol. The van der Waals surface area contributed by atoms with Gasteiger partial charge in [0.1, 0.15) is 17.1 Å². The van der Waals surface area contributed by atoms with Crippen LogP contribution < -0.4 is 9.47 Å². The molecule has 0 saturated heterocycles. The van der Waals surface area contributed by atoms with Crippen molar-refractivity contribution in [2.24, 2.45) is 0 Å². The Morgan fingerprint density at radius 2 is 1.60 bits per heavy atom. The van der Waals surface area contributed by atoms with Crippen LogP contribution in [0.1, 0.15) is 22.8 Å². The third-order valence-corrected chi connectivity index (χ3v) is 2.63. The van der Waals surface area contributed by atoms with E-state index in [1.807, 2.05) is 6.07 Å². The number of carbonyl (C=O) groups is 2. The molecule has 0 bridgehead atoms. The number of benzene rings is 2. The normalized spacial score (nSPS) is 9.90. The Morgan fingerprint density at radius 3 is 2.25 bits per heavy atom. The minimum atomic E-state index is -0.559. The number of rotatable bonds is 3. The van der Waals surface area contributed by atoms with Gasteiger partial charge < -0.3 is 9.47 Å². The predicted molar refractivity (Wildman–Crippen MR) is 73.9 cm³/mol. The van der Waals surface area contributed by atoms with E-state index in [1.54, 1.807) is 49.4 Å². The fourth-order valence-corrected chi connectivity index (χ4v) is 1.74. The lowest BCUT2D eigenvalue weighted by Gasteiger charge is -2.11. The van der Waals surface area contributed by atoms with Gasteiger partial charge in [-0.15, -0.1) is 0 Å². The van der Waals surface area contributed by atoms with E-state index in [1.165, 1.54) is 6.92 Å². The van der Waals surface area contributed by atoms with Gasteiger partial charge in [0.05, 0.1) is 0 Å². The van der Waals surface area contributed by atoms with Crippen LogP contribution in [0.2, 0.25) is 0 Å². The molecule has 0 radical (unpaired) electrons. The first-order valence-electron chi connectivity index (χ1n) is 6.13. The standard InChI is InChI=1S/C16H14O4/c1-11-7-6-10-14(15(11)19-12(2)17)16(18)20-13-8-4-3-5-9-13/h3-10H,1-2H3. The molecule has 102 valence electrons. The zero-order valence-electron chi connectivity index (χ0n) is 11.3. The number of aryl methyl sites for hydroxylation is 1. The van der Waals surface area contributed by atoms with Crippen LogP contribution in [0.15, 0.2) is 48.5 Å². The van der Waals surface area contributed by atoms with Crippen molar-refractivity contribution in [2.75, 3.05) is 0 Å². The lowest BCUT2D eigenvalue weighted by Crippen LogP contribution is -2.13. The molecule has 2 rings (SSSR count). The maximum Gasteiger partial charge on any atom is 0.347 e. The molecule has 0 amide bonds. The van der Waals surface area contributed by atoms with Crippen molar-refractivity contribution in [2.45, 2.75) is 13.8 Å². The third kappa shape index (κ3) is 3.23. The Bertz CT molecular complexity index is 632. The molecule has 0 aliphatic heterocycles. The molecule has 0 spiro atoms. The van der Waals surface area contributed by atoms with Crippen molar-refractivity contribution in [3.8, 4) is 11.5 Å².